The first-order valence-electron chi connectivity index (χ1n) is 17.0. The Bertz CT molecular complexity index is 2060. The molecule has 4 aromatic rings. The van der Waals surface area contributed by atoms with Crippen molar-refractivity contribution in [1.29, 1.82) is 0 Å². The van der Waals surface area contributed by atoms with Gasteiger partial charge in [-0.1, -0.05) is 65.7 Å². The Labute approximate surface area is 299 Å². The number of hydrogen-bond acceptors (Lipinski definition) is 9. The number of carbonyl (C=O) groups is 4. The molecule has 3 aromatic carbocycles. The Balaban J connectivity index is 1.33. The number of hydrogen-bond donors (Lipinski definition) is 2. The highest BCUT2D eigenvalue weighted by Crippen LogP contribution is 2.64. The predicted molar refractivity (Wildman–Crippen MR) is 190 cm³/mol. The summed E-state index contributed by atoms with van der Waals surface area (Å²) < 4.78 is 11.2. The van der Waals surface area contributed by atoms with Crippen molar-refractivity contribution in [2.45, 2.75) is 37.6 Å². The summed E-state index contributed by atoms with van der Waals surface area (Å²) in [7, 11) is 2.87. The summed E-state index contributed by atoms with van der Waals surface area (Å²) in [5, 5.41) is 14.0. The van der Waals surface area contributed by atoms with E-state index in [2.05, 4.69) is 5.43 Å². The van der Waals surface area contributed by atoms with Gasteiger partial charge in [0.15, 0.2) is 11.5 Å². The summed E-state index contributed by atoms with van der Waals surface area (Å²) in [5.74, 6) is -4.72. The highest BCUT2D eigenvalue weighted by molar-refractivity contribution is 7.09. The van der Waals surface area contributed by atoms with Gasteiger partial charge >= 0.3 is 0 Å². The fourth-order valence-corrected chi connectivity index (χ4v) is 9.67. The number of imide groups is 2. The standard InChI is InChI=1S/C40H37N3O7S/c1-22-11-13-25(14-12-22)41-43-37(46)30-20-29-27(15-16-28-33(29)38(47)42(36(28)45)21-26-10-7-17-51-26)34(23-18-31(49-2)35(44)32(19-23)50-3)40(30,39(43)48)24-8-5-4-6-9-24/h4-15,17-19,28-30,33-34,41,44H,16,20-21H2,1-3H3. The fourth-order valence-electron chi connectivity index (χ4n) is 8.98. The lowest BCUT2D eigenvalue weighted by atomic mass is 9.49. The van der Waals surface area contributed by atoms with Crippen LogP contribution >= 0.6 is 11.3 Å². The van der Waals surface area contributed by atoms with Crippen LogP contribution in [0.25, 0.3) is 0 Å². The number of amides is 4. The Kier molecular flexibility index (Phi) is 7.98. The molecule has 1 saturated carbocycles. The molecule has 3 heterocycles. The van der Waals surface area contributed by atoms with Crippen molar-refractivity contribution in [2.24, 2.45) is 23.7 Å². The molecule has 10 nitrogen and oxygen atoms in total. The van der Waals surface area contributed by atoms with Gasteiger partial charge in [0.05, 0.1) is 49.6 Å². The number of aromatic hydroxyl groups is 1. The summed E-state index contributed by atoms with van der Waals surface area (Å²) in [6, 6.07) is 23.9. The van der Waals surface area contributed by atoms with E-state index in [0.717, 1.165) is 21.0 Å². The number of phenolic OH excluding ortho intramolecular Hbond substituents is 1. The Hall–Kier alpha value is -5.42. The number of nitrogens with zero attached hydrogens (tertiary/aromatic N) is 2. The van der Waals surface area contributed by atoms with Crippen LogP contribution in [0.1, 0.15) is 40.3 Å². The van der Waals surface area contributed by atoms with E-state index in [9.17, 15) is 19.5 Å². The van der Waals surface area contributed by atoms with Crippen LogP contribution in [0, 0.1) is 30.6 Å². The molecule has 2 aliphatic carbocycles. The molecule has 3 fully saturated rings. The smallest absolute Gasteiger partial charge is 0.260 e. The van der Waals surface area contributed by atoms with Gasteiger partial charge in [-0.15, -0.1) is 11.3 Å². The molecule has 4 amide bonds. The second kappa shape index (κ2) is 12.4. The molecule has 6 atom stereocenters. The molecule has 0 spiro atoms. The molecule has 11 heteroatoms. The minimum absolute atomic E-state index is 0.140. The summed E-state index contributed by atoms with van der Waals surface area (Å²) in [4.78, 5) is 60.7. The SMILES string of the molecule is COc1cc(C2C3=CCC4C(=O)N(Cc5cccs5)C(=O)C4C3CC3C(=O)N(Nc4ccc(C)cc4)C(=O)C32c2ccccc2)cc(OC)c1O. The second-order valence-corrected chi connectivity index (χ2v) is 14.7. The van der Waals surface area contributed by atoms with Crippen LogP contribution < -0.4 is 14.9 Å². The van der Waals surface area contributed by atoms with E-state index in [0.29, 0.717) is 23.2 Å². The van der Waals surface area contributed by atoms with E-state index in [1.807, 2.05) is 85.1 Å². The van der Waals surface area contributed by atoms with E-state index in [-0.39, 0.29) is 42.0 Å². The summed E-state index contributed by atoms with van der Waals surface area (Å²) in [5.41, 5.74) is 5.29. The first-order valence-corrected chi connectivity index (χ1v) is 17.9. The zero-order valence-corrected chi connectivity index (χ0v) is 29.2. The lowest BCUT2D eigenvalue weighted by Gasteiger charge is -2.50. The van der Waals surface area contributed by atoms with Gasteiger partial charge in [-0.25, -0.2) is 0 Å². The average Bonchev–Trinajstić information content (AvgIpc) is 3.81. The van der Waals surface area contributed by atoms with Gasteiger partial charge in [-0.3, -0.25) is 29.5 Å². The van der Waals surface area contributed by atoms with E-state index >= 15 is 4.79 Å². The van der Waals surface area contributed by atoms with Crippen molar-refractivity contribution in [2.75, 3.05) is 19.6 Å². The lowest BCUT2D eigenvalue weighted by Crippen LogP contribution is -2.53. The molecular formula is C40H37N3O7S. The number of thiophene rings is 1. The molecule has 2 N–H and O–H groups in total. The van der Waals surface area contributed by atoms with Crippen molar-refractivity contribution < 1.29 is 33.8 Å². The molecule has 1 aromatic heterocycles. The topological polar surface area (TPSA) is 125 Å². The highest BCUT2D eigenvalue weighted by atomic mass is 32.1. The Morgan fingerprint density at radius 1 is 0.882 bits per heavy atom. The van der Waals surface area contributed by atoms with Gasteiger partial charge < -0.3 is 14.6 Å². The van der Waals surface area contributed by atoms with Gasteiger partial charge in [-0.2, -0.15) is 5.01 Å². The van der Waals surface area contributed by atoms with Crippen LogP contribution in [0.2, 0.25) is 0 Å². The number of ether oxygens (including phenoxy) is 2. The summed E-state index contributed by atoms with van der Waals surface area (Å²) >= 11 is 1.49. The van der Waals surface area contributed by atoms with Crippen molar-refractivity contribution in [3.8, 4) is 17.2 Å². The van der Waals surface area contributed by atoms with Gasteiger partial charge in [0.25, 0.3) is 11.8 Å². The normalized spacial score (nSPS) is 26.8. The third-order valence-electron chi connectivity index (χ3n) is 11.2. The molecule has 260 valence electrons. The van der Waals surface area contributed by atoms with E-state index in [1.54, 1.807) is 12.1 Å². The van der Waals surface area contributed by atoms with Gasteiger partial charge in [-0.05, 0) is 72.5 Å². The molecule has 2 aliphatic heterocycles. The summed E-state index contributed by atoms with van der Waals surface area (Å²) in [6.07, 6.45) is 2.51. The number of rotatable bonds is 8. The number of carbonyl (C=O) groups excluding carboxylic acids is 4. The maximum absolute atomic E-state index is 15.3. The Morgan fingerprint density at radius 2 is 1.59 bits per heavy atom. The van der Waals surface area contributed by atoms with Crippen LogP contribution in [0.4, 0.5) is 5.69 Å². The number of aryl methyl sites for hydroxylation is 1. The maximum atomic E-state index is 15.3. The zero-order valence-electron chi connectivity index (χ0n) is 28.4. The molecule has 51 heavy (non-hydrogen) atoms. The molecule has 0 bridgehead atoms. The van der Waals surface area contributed by atoms with Crippen molar-refractivity contribution in [3.05, 3.63) is 117 Å². The third kappa shape index (κ3) is 4.89. The number of hydrazine groups is 1. The molecule has 0 radical (unpaired) electrons. The monoisotopic (exact) mass is 703 g/mol. The van der Waals surface area contributed by atoms with Crippen molar-refractivity contribution in [1.82, 2.24) is 9.91 Å². The second-order valence-electron chi connectivity index (χ2n) is 13.7. The fraction of sp³-hybridized carbons (Fsp3) is 0.300. The van der Waals surface area contributed by atoms with E-state index < -0.39 is 46.8 Å². The van der Waals surface area contributed by atoms with E-state index in [4.69, 9.17) is 9.47 Å². The first kappa shape index (κ1) is 32.8. The average molecular weight is 704 g/mol. The number of phenols is 1. The largest absolute Gasteiger partial charge is 0.502 e. The number of allylic oxidation sites excluding steroid dienone is 2. The van der Waals surface area contributed by atoms with Gasteiger partial charge in [0.1, 0.15) is 0 Å². The van der Waals surface area contributed by atoms with Crippen molar-refractivity contribution >= 4 is 40.7 Å². The lowest BCUT2D eigenvalue weighted by molar-refractivity contribution is -0.141. The van der Waals surface area contributed by atoms with Gasteiger partial charge in [0.2, 0.25) is 17.6 Å². The minimum atomic E-state index is -1.46. The van der Waals surface area contributed by atoms with Crippen molar-refractivity contribution in [3.63, 3.8) is 0 Å². The Morgan fingerprint density at radius 3 is 2.24 bits per heavy atom. The van der Waals surface area contributed by atoms with Crippen LogP contribution in [0.3, 0.4) is 0 Å². The first-order chi connectivity index (χ1) is 24.7. The number of anilines is 1. The third-order valence-corrected chi connectivity index (χ3v) is 12.1. The molecule has 2 saturated heterocycles. The number of methoxy groups -OCH3 is 2. The highest BCUT2D eigenvalue weighted by Gasteiger charge is 2.70. The molecule has 4 aliphatic rings. The molecule has 8 rings (SSSR count). The summed E-state index contributed by atoms with van der Waals surface area (Å²) in [6.45, 7) is 2.16. The quantitative estimate of drug-likeness (QED) is 0.170. The molecule has 6 unspecified atom stereocenters. The van der Waals surface area contributed by atoms with Crippen LogP contribution in [0.5, 0.6) is 17.2 Å². The van der Waals surface area contributed by atoms with Crippen LogP contribution in [0.15, 0.2) is 95.9 Å². The van der Waals surface area contributed by atoms with Crippen LogP contribution in [-0.4, -0.2) is 52.9 Å². The predicted octanol–water partition coefficient (Wildman–Crippen LogP) is 5.96. The number of likely N-dealkylation sites (tertiary alicyclic amines) is 1. The number of fused-ring (bicyclic) bond motifs is 4. The molecular weight excluding hydrogens is 667 g/mol. The van der Waals surface area contributed by atoms with E-state index in [1.165, 1.54) is 30.5 Å². The number of nitrogens with one attached hydrogen (secondary N) is 1. The zero-order chi connectivity index (χ0) is 35.6. The van der Waals surface area contributed by atoms with Crippen LogP contribution in [-0.2, 0) is 31.1 Å². The maximum Gasteiger partial charge on any atom is 0.260 e. The number of benzene rings is 3. The minimum Gasteiger partial charge on any atom is -0.502 e. The van der Waals surface area contributed by atoms with Gasteiger partial charge in [0, 0.05) is 10.8 Å².